The largest absolute Gasteiger partial charge is 0.298 e. The van der Waals surface area contributed by atoms with Gasteiger partial charge < -0.3 is 0 Å². The predicted octanol–water partition coefficient (Wildman–Crippen LogP) is 4.92. The van der Waals surface area contributed by atoms with E-state index in [1.54, 1.807) is 0 Å². The third-order valence-electron chi connectivity index (χ3n) is 4.24. The molecule has 0 amide bonds. The van der Waals surface area contributed by atoms with Crippen LogP contribution in [0.3, 0.4) is 0 Å². The molecule has 4 rings (SSSR count). The minimum absolute atomic E-state index is 0.377. The van der Waals surface area contributed by atoms with E-state index in [1.165, 1.54) is 0 Å². The standard InChI is InChI=1S/C19H15Cl2N3/c1-12-23-16(10-20)18-11-22-19(13-5-3-2-4-6-13)15-9-14(21)7-8-17(15)24(12)18/h2-9H,10-11H2,1H3. The van der Waals surface area contributed by atoms with Gasteiger partial charge in [-0.3, -0.25) is 9.56 Å². The minimum Gasteiger partial charge on any atom is -0.298 e. The van der Waals surface area contributed by atoms with Crippen molar-refractivity contribution >= 4 is 28.9 Å². The summed E-state index contributed by atoms with van der Waals surface area (Å²) in [5.74, 6) is 1.29. The third-order valence-corrected chi connectivity index (χ3v) is 4.73. The summed E-state index contributed by atoms with van der Waals surface area (Å²) in [6.07, 6.45) is 0. The maximum atomic E-state index is 6.28. The molecule has 0 unspecified atom stereocenters. The molecule has 0 aliphatic carbocycles. The quantitative estimate of drug-likeness (QED) is 0.599. The number of benzene rings is 2. The summed E-state index contributed by atoms with van der Waals surface area (Å²) in [4.78, 5) is 9.48. The van der Waals surface area contributed by atoms with Gasteiger partial charge in [0.25, 0.3) is 0 Å². The zero-order valence-electron chi connectivity index (χ0n) is 13.1. The van der Waals surface area contributed by atoms with Crippen molar-refractivity contribution in [2.24, 2.45) is 4.99 Å². The summed E-state index contributed by atoms with van der Waals surface area (Å²) in [6.45, 7) is 2.53. The van der Waals surface area contributed by atoms with Gasteiger partial charge in [-0.2, -0.15) is 0 Å². The van der Waals surface area contributed by atoms with E-state index in [4.69, 9.17) is 28.2 Å². The Labute approximate surface area is 150 Å². The van der Waals surface area contributed by atoms with E-state index >= 15 is 0 Å². The molecule has 1 aromatic heterocycles. The van der Waals surface area contributed by atoms with Gasteiger partial charge in [-0.05, 0) is 25.1 Å². The number of hydrogen-bond donors (Lipinski definition) is 0. The van der Waals surface area contributed by atoms with Gasteiger partial charge in [-0.25, -0.2) is 4.98 Å². The number of aliphatic imine (C=N–C) groups is 1. The Morgan fingerprint density at radius 1 is 1.12 bits per heavy atom. The molecule has 0 fully saturated rings. The van der Waals surface area contributed by atoms with Crippen molar-refractivity contribution in [3.05, 3.63) is 81.9 Å². The maximum absolute atomic E-state index is 6.28. The van der Waals surface area contributed by atoms with Crippen LogP contribution < -0.4 is 0 Å². The fourth-order valence-corrected chi connectivity index (χ4v) is 3.58. The number of halogens is 2. The lowest BCUT2D eigenvalue weighted by Gasteiger charge is -2.13. The van der Waals surface area contributed by atoms with Crippen LogP contribution in [0.1, 0.15) is 28.3 Å². The Bertz CT molecular complexity index is 943. The minimum atomic E-state index is 0.377. The second kappa shape index (κ2) is 6.08. The molecule has 0 atom stereocenters. The summed E-state index contributed by atoms with van der Waals surface area (Å²) < 4.78 is 2.14. The Morgan fingerprint density at radius 3 is 2.67 bits per heavy atom. The highest BCUT2D eigenvalue weighted by Gasteiger charge is 2.23. The van der Waals surface area contributed by atoms with Gasteiger partial charge in [0.1, 0.15) is 5.82 Å². The number of aryl methyl sites for hydroxylation is 1. The second-order valence-corrected chi connectivity index (χ2v) is 6.42. The van der Waals surface area contributed by atoms with Crippen LogP contribution in [0, 0.1) is 6.92 Å². The summed E-state index contributed by atoms with van der Waals surface area (Å²) in [6, 6.07) is 16.1. The molecule has 5 heteroatoms. The van der Waals surface area contributed by atoms with Crippen LogP contribution in [0.15, 0.2) is 53.5 Å². The summed E-state index contributed by atoms with van der Waals surface area (Å²) in [5.41, 5.74) is 5.98. The first-order valence-electron chi connectivity index (χ1n) is 7.72. The average Bonchev–Trinajstić information content (AvgIpc) is 2.82. The fraction of sp³-hybridized carbons (Fsp3) is 0.158. The second-order valence-electron chi connectivity index (χ2n) is 5.71. The molecule has 0 radical (unpaired) electrons. The monoisotopic (exact) mass is 355 g/mol. The van der Waals surface area contributed by atoms with Gasteiger partial charge in [-0.1, -0.05) is 41.9 Å². The SMILES string of the molecule is Cc1nc(CCl)c2n1-c1ccc(Cl)cc1C(c1ccccc1)=NC2. The van der Waals surface area contributed by atoms with Crippen LogP contribution in [0.5, 0.6) is 0 Å². The van der Waals surface area contributed by atoms with Crippen molar-refractivity contribution in [2.75, 3.05) is 0 Å². The molecule has 1 aliphatic rings. The molecule has 3 nitrogen and oxygen atoms in total. The Kier molecular flexibility index (Phi) is 3.91. The number of imidazole rings is 1. The van der Waals surface area contributed by atoms with Crippen molar-refractivity contribution in [1.29, 1.82) is 0 Å². The van der Waals surface area contributed by atoms with E-state index in [9.17, 15) is 0 Å². The zero-order valence-corrected chi connectivity index (χ0v) is 14.6. The molecule has 3 aromatic rings. The van der Waals surface area contributed by atoms with E-state index in [1.807, 2.05) is 43.3 Å². The smallest absolute Gasteiger partial charge is 0.110 e. The highest BCUT2D eigenvalue weighted by Crippen LogP contribution is 2.30. The lowest BCUT2D eigenvalue weighted by atomic mass is 10.0. The molecule has 0 N–H and O–H groups in total. The Morgan fingerprint density at radius 2 is 1.92 bits per heavy atom. The van der Waals surface area contributed by atoms with Gasteiger partial charge in [0, 0.05) is 16.1 Å². The summed E-state index contributed by atoms with van der Waals surface area (Å²) in [5, 5.41) is 0.691. The molecule has 0 bridgehead atoms. The van der Waals surface area contributed by atoms with Crippen LogP contribution in [-0.2, 0) is 12.4 Å². The topological polar surface area (TPSA) is 30.2 Å². The fourth-order valence-electron chi connectivity index (χ4n) is 3.20. The van der Waals surface area contributed by atoms with E-state index in [2.05, 4.69) is 21.7 Å². The van der Waals surface area contributed by atoms with E-state index in [0.717, 1.165) is 39.7 Å². The van der Waals surface area contributed by atoms with Crippen molar-refractivity contribution in [1.82, 2.24) is 9.55 Å². The molecule has 2 aromatic carbocycles. The molecule has 24 heavy (non-hydrogen) atoms. The van der Waals surface area contributed by atoms with Crippen molar-refractivity contribution in [3.63, 3.8) is 0 Å². The zero-order chi connectivity index (χ0) is 16.7. The molecule has 1 aliphatic heterocycles. The predicted molar refractivity (Wildman–Crippen MR) is 98.7 cm³/mol. The van der Waals surface area contributed by atoms with Crippen LogP contribution in [0.2, 0.25) is 5.02 Å². The third kappa shape index (κ3) is 2.45. The first kappa shape index (κ1) is 15.4. The molecule has 2 heterocycles. The van der Waals surface area contributed by atoms with Crippen LogP contribution in [-0.4, -0.2) is 15.3 Å². The van der Waals surface area contributed by atoms with Crippen molar-refractivity contribution in [3.8, 4) is 5.69 Å². The van der Waals surface area contributed by atoms with E-state index in [-0.39, 0.29) is 0 Å². The van der Waals surface area contributed by atoms with E-state index < -0.39 is 0 Å². The van der Waals surface area contributed by atoms with Gasteiger partial charge in [0.2, 0.25) is 0 Å². The first-order chi connectivity index (χ1) is 11.7. The van der Waals surface area contributed by atoms with Gasteiger partial charge >= 0.3 is 0 Å². The number of fused-ring (bicyclic) bond motifs is 3. The Hall–Kier alpha value is -2.10. The lowest BCUT2D eigenvalue weighted by Crippen LogP contribution is -2.08. The molecular formula is C19H15Cl2N3. The van der Waals surface area contributed by atoms with Crippen molar-refractivity contribution in [2.45, 2.75) is 19.3 Å². The number of rotatable bonds is 2. The van der Waals surface area contributed by atoms with Crippen molar-refractivity contribution < 1.29 is 0 Å². The molecule has 0 saturated carbocycles. The molecule has 120 valence electrons. The first-order valence-corrected chi connectivity index (χ1v) is 8.63. The molecule has 0 spiro atoms. The number of hydrogen-bond acceptors (Lipinski definition) is 2. The van der Waals surface area contributed by atoms with Crippen LogP contribution in [0.25, 0.3) is 5.69 Å². The highest BCUT2D eigenvalue weighted by atomic mass is 35.5. The Balaban J connectivity index is 2.02. The number of alkyl halides is 1. The van der Waals surface area contributed by atoms with Gasteiger partial charge in [0.05, 0.1) is 35.2 Å². The van der Waals surface area contributed by atoms with Crippen LogP contribution >= 0.6 is 23.2 Å². The molecule has 0 saturated heterocycles. The lowest BCUT2D eigenvalue weighted by molar-refractivity contribution is 0.885. The number of nitrogens with zero attached hydrogens (tertiary/aromatic N) is 3. The molecular weight excluding hydrogens is 341 g/mol. The highest BCUT2D eigenvalue weighted by molar-refractivity contribution is 6.31. The summed E-state index contributed by atoms with van der Waals surface area (Å²) >= 11 is 12.4. The van der Waals surface area contributed by atoms with Gasteiger partial charge in [-0.15, -0.1) is 11.6 Å². The maximum Gasteiger partial charge on any atom is 0.110 e. The normalized spacial score (nSPS) is 13.0. The van der Waals surface area contributed by atoms with E-state index in [0.29, 0.717) is 17.4 Å². The summed E-state index contributed by atoms with van der Waals surface area (Å²) in [7, 11) is 0. The number of aromatic nitrogens is 2. The van der Waals surface area contributed by atoms with Gasteiger partial charge in [0.15, 0.2) is 0 Å². The van der Waals surface area contributed by atoms with Crippen LogP contribution in [0.4, 0.5) is 0 Å². The average molecular weight is 356 g/mol.